The van der Waals surface area contributed by atoms with E-state index in [1.807, 2.05) is 20.8 Å². The SMILES string of the molecule is CCC(C)NC(=O)CCNC(=NC)NCC(C)Oc1cccc(F)c1. The second-order valence-electron chi connectivity index (χ2n) is 5.89. The van der Waals surface area contributed by atoms with Gasteiger partial charge in [-0.1, -0.05) is 13.0 Å². The Morgan fingerprint density at radius 3 is 2.72 bits per heavy atom. The van der Waals surface area contributed by atoms with Crippen LogP contribution in [0.4, 0.5) is 4.39 Å². The number of hydrogen-bond donors (Lipinski definition) is 3. The number of rotatable bonds is 9. The van der Waals surface area contributed by atoms with Gasteiger partial charge in [-0.2, -0.15) is 0 Å². The van der Waals surface area contributed by atoms with Crippen molar-refractivity contribution < 1.29 is 13.9 Å². The first-order valence-electron chi connectivity index (χ1n) is 8.60. The van der Waals surface area contributed by atoms with E-state index in [0.717, 1.165) is 6.42 Å². The number of amides is 1. The molecule has 25 heavy (non-hydrogen) atoms. The molecule has 6 nitrogen and oxygen atoms in total. The summed E-state index contributed by atoms with van der Waals surface area (Å²) in [5.41, 5.74) is 0. The molecule has 2 atom stereocenters. The Hall–Kier alpha value is -2.31. The first-order chi connectivity index (χ1) is 11.9. The highest BCUT2D eigenvalue weighted by Gasteiger charge is 2.08. The van der Waals surface area contributed by atoms with Crippen molar-refractivity contribution in [2.24, 2.45) is 4.99 Å². The van der Waals surface area contributed by atoms with Crippen molar-refractivity contribution >= 4 is 11.9 Å². The van der Waals surface area contributed by atoms with Crippen molar-refractivity contribution in [3.63, 3.8) is 0 Å². The molecular formula is C18H29FN4O2. The van der Waals surface area contributed by atoms with Crippen LogP contribution >= 0.6 is 0 Å². The summed E-state index contributed by atoms with van der Waals surface area (Å²) in [6, 6.07) is 6.22. The normalized spacial score (nSPS) is 13.7. The van der Waals surface area contributed by atoms with Gasteiger partial charge in [-0.3, -0.25) is 9.79 Å². The number of nitrogens with zero attached hydrogens (tertiary/aromatic N) is 1. The van der Waals surface area contributed by atoms with E-state index in [9.17, 15) is 9.18 Å². The zero-order valence-electron chi connectivity index (χ0n) is 15.4. The number of ether oxygens (including phenoxy) is 1. The molecular weight excluding hydrogens is 323 g/mol. The number of nitrogens with one attached hydrogen (secondary N) is 3. The summed E-state index contributed by atoms with van der Waals surface area (Å²) in [5.74, 6) is 0.760. The Bertz CT molecular complexity index is 566. The fourth-order valence-corrected chi connectivity index (χ4v) is 2.02. The smallest absolute Gasteiger partial charge is 0.221 e. The number of carbonyl (C=O) groups excluding carboxylic acids is 1. The Morgan fingerprint density at radius 1 is 1.32 bits per heavy atom. The minimum Gasteiger partial charge on any atom is -0.489 e. The molecule has 1 rings (SSSR count). The van der Waals surface area contributed by atoms with E-state index in [4.69, 9.17) is 4.74 Å². The van der Waals surface area contributed by atoms with Crippen LogP contribution in [0.25, 0.3) is 0 Å². The highest BCUT2D eigenvalue weighted by molar-refractivity contribution is 5.81. The third-order valence-electron chi connectivity index (χ3n) is 3.58. The summed E-state index contributed by atoms with van der Waals surface area (Å²) in [6.45, 7) is 6.87. The molecule has 0 aromatic heterocycles. The number of carbonyl (C=O) groups is 1. The summed E-state index contributed by atoms with van der Waals surface area (Å²) in [4.78, 5) is 15.8. The van der Waals surface area contributed by atoms with Gasteiger partial charge in [0.25, 0.3) is 0 Å². The average Bonchev–Trinajstić information content (AvgIpc) is 2.57. The number of halogens is 1. The predicted molar refractivity (Wildman–Crippen MR) is 98.4 cm³/mol. The fraction of sp³-hybridized carbons (Fsp3) is 0.556. The first kappa shape index (κ1) is 20.7. The maximum Gasteiger partial charge on any atom is 0.221 e. The van der Waals surface area contributed by atoms with Gasteiger partial charge in [-0.25, -0.2) is 4.39 Å². The average molecular weight is 352 g/mol. The Balaban J connectivity index is 2.28. The second kappa shape index (κ2) is 11.3. The van der Waals surface area contributed by atoms with E-state index in [-0.39, 0.29) is 23.9 Å². The molecule has 1 amide bonds. The number of hydrogen-bond acceptors (Lipinski definition) is 3. The van der Waals surface area contributed by atoms with E-state index in [1.165, 1.54) is 12.1 Å². The largest absolute Gasteiger partial charge is 0.489 e. The number of guanidine groups is 1. The minimum absolute atomic E-state index is 0.0140. The van der Waals surface area contributed by atoms with Gasteiger partial charge in [-0.15, -0.1) is 0 Å². The van der Waals surface area contributed by atoms with Crippen LogP contribution in [0.2, 0.25) is 0 Å². The lowest BCUT2D eigenvalue weighted by atomic mass is 10.2. The van der Waals surface area contributed by atoms with Crippen LogP contribution in [0.3, 0.4) is 0 Å². The lowest BCUT2D eigenvalue weighted by molar-refractivity contribution is -0.121. The van der Waals surface area contributed by atoms with Crippen LogP contribution in [-0.4, -0.2) is 44.1 Å². The molecule has 0 saturated carbocycles. The lowest BCUT2D eigenvalue weighted by Gasteiger charge is -2.18. The lowest BCUT2D eigenvalue weighted by Crippen LogP contribution is -2.43. The molecule has 140 valence electrons. The van der Waals surface area contributed by atoms with Crippen LogP contribution < -0.4 is 20.7 Å². The molecule has 0 aliphatic rings. The van der Waals surface area contributed by atoms with Gasteiger partial charge in [-0.05, 0) is 32.4 Å². The van der Waals surface area contributed by atoms with Gasteiger partial charge in [0.15, 0.2) is 5.96 Å². The van der Waals surface area contributed by atoms with E-state index in [1.54, 1.807) is 19.2 Å². The molecule has 0 bridgehead atoms. The van der Waals surface area contributed by atoms with Crippen LogP contribution in [0.15, 0.2) is 29.3 Å². The third-order valence-corrected chi connectivity index (χ3v) is 3.58. The van der Waals surface area contributed by atoms with Crippen molar-refractivity contribution in [1.29, 1.82) is 0 Å². The molecule has 0 fully saturated rings. The van der Waals surface area contributed by atoms with Gasteiger partial charge >= 0.3 is 0 Å². The number of benzene rings is 1. The van der Waals surface area contributed by atoms with Crippen molar-refractivity contribution in [3.8, 4) is 5.75 Å². The molecule has 3 N–H and O–H groups in total. The van der Waals surface area contributed by atoms with Crippen LogP contribution in [0.5, 0.6) is 5.75 Å². The Labute approximate surface area is 149 Å². The summed E-state index contributed by atoms with van der Waals surface area (Å²) < 4.78 is 18.8. The standard InChI is InChI=1S/C18H29FN4O2/c1-5-13(2)23-17(24)9-10-21-18(20-4)22-12-14(3)25-16-8-6-7-15(19)11-16/h6-8,11,13-14H,5,9-10,12H2,1-4H3,(H,23,24)(H2,20,21,22). The molecule has 0 aliphatic heterocycles. The van der Waals surface area contributed by atoms with Crippen molar-refractivity contribution in [3.05, 3.63) is 30.1 Å². The molecule has 0 saturated heterocycles. The zero-order valence-corrected chi connectivity index (χ0v) is 15.4. The number of aliphatic imine (C=N–C) groups is 1. The maximum atomic E-state index is 13.1. The maximum absolute atomic E-state index is 13.1. The third kappa shape index (κ3) is 8.93. The van der Waals surface area contributed by atoms with Crippen molar-refractivity contribution in [2.75, 3.05) is 20.1 Å². The predicted octanol–water partition coefficient (Wildman–Crippen LogP) is 2.06. The van der Waals surface area contributed by atoms with Gasteiger partial charge in [0.1, 0.15) is 17.7 Å². The zero-order chi connectivity index (χ0) is 18.7. The highest BCUT2D eigenvalue weighted by Crippen LogP contribution is 2.13. The van der Waals surface area contributed by atoms with Crippen LogP contribution in [0, 0.1) is 5.82 Å². The molecule has 2 unspecified atom stereocenters. The molecule has 1 aromatic rings. The quantitative estimate of drug-likeness (QED) is 0.470. The van der Waals surface area contributed by atoms with Crippen LogP contribution in [0.1, 0.15) is 33.6 Å². The van der Waals surface area contributed by atoms with Gasteiger partial charge < -0.3 is 20.7 Å². The minimum atomic E-state index is -0.328. The molecule has 7 heteroatoms. The second-order valence-corrected chi connectivity index (χ2v) is 5.89. The van der Waals surface area contributed by atoms with E-state index in [2.05, 4.69) is 20.9 Å². The summed E-state index contributed by atoms with van der Waals surface area (Å²) >= 11 is 0. The monoisotopic (exact) mass is 352 g/mol. The Kier molecular flexibility index (Phi) is 9.36. The van der Waals surface area contributed by atoms with E-state index in [0.29, 0.717) is 31.2 Å². The van der Waals surface area contributed by atoms with Gasteiger partial charge in [0.05, 0.1) is 6.54 Å². The topological polar surface area (TPSA) is 74.8 Å². The summed E-state index contributed by atoms with van der Waals surface area (Å²) in [5, 5.41) is 9.11. The highest BCUT2D eigenvalue weighted by atomic mass is 19.1. The molecule has 0 aliphatic carbocycles. The first-order valence-corrected chi connectivity index (χ1v) is 8.60. The van der Waals surface area contributed by atoms with Gasteiger partial charge in [0, 0.05) is 32.1 Å². The van der Waals surface area contributed by atoms with Crippen LogP contribution in [-0.2, 0) is 4.79 Å². The molecule has 1 aromatic carbocycles. The molecule has 0 spiro atoms. The molecule has 0 radical (unpaired) electrons. The summed E-state index contributed by atoms with van der Waals surface area (Å²) in [6.07, 6.45) is 1.11. The van der Waals surface area contributed by atoms with Gasteiger partial charge in [0.2, 0.25) is 5.91 Å². The fourth-order valence-electron chi connectivity index (χ4n) is 2.02. The molecule has 0 heterocycles. The van der Waals surface area contributed by atoms with E-state index < -0.39 is 0 Å². The van der Waals surface area contributed by atoms with Crippen molar-refractivity contribution in [1.82, 2.24) is 16.0 Å². The Morgan fingerprint density at radius 2 is 2.08 bits per heavy atom. The van der Waals surface area contributed by atoms with Crippen molar-refractivity contribution in [2.45, 2.75) is 45.8 Å². The van der Waals surface area contributed by atoms with E-state index >= 15 is 0 Å². The summed E-state index contributed by atoms with van der Waals surface area (Å²) in [7, 11) is 1.66.